The normalized spacial score (nSPS) is 12.1. The number of ether oxygens (including phenoxy) is 1. The lowest BCUT2D eigenvalue weighted by Gasteiger charge is -2.18. The minimum Gasteiger partial charge on any atom is -0.480 e. The van der Waals surface area contributed by atoms with Gasteiger partial charge in [-0.15, -0.1) is 0 Å². The maximum absolute atomic E-state index is 13.1. The van der Waals surface area contributed by atoms with E-state index in [0.29, 0.717) is 11.1 Å². The number of aliphatic carboxylic acids is 1. The van der Waals surface area contributed by atoms with Gasteiger partial charge in [-0.3, -0.25) is 0 Å². The minimum atomic E-state index is -4.68. The zero-order valence-corrected chi connectivity index (χ0v) is 21.4. The molecule has 202 valence electrons. The molecule has 1 aromatic heterocycles. The molecular formula is C24H24ClF3N6O4. The number of carbonyl (C=O) groups excluding carboxylic acids is 1. The second-order valence-corrected chi connectivity index (χ2v) is 8.88. The Morgan fingerprint density at radius 2 is 1.66 bits per heavy atom. The summed E-state index contributed by atoms with van der Waals surface area (Å²) < 4.78 is 44.5. The number of nitrogens with zero attached hydrogens (tertiary/aromatic N) is 3. The summed E-state index contributed by atoms with van der Waals surface area (Å²) in [6.45, 7) is 5.22. The first kappa shape index (κ1) is 28.4. The number of hydrogen-bond acceptors (Lipinski definition) is 7. The fourth-order valence-electron chi connectivity index (χ4n) is 3.34. The van der Waals surface area contributed by atoms with Gasteiger partial charge in [0.2, 0.25) is 5.95 Å². The molecule has 0 radical (unpaired) electrons. The van der Waals surface area contributed by atoms with Crippen LogP contribution in [-0.2, 0) is 11.0 Å². The van der Waals surface area contributed by atoms with Gasteiger partial charge in [0, 0.05) is 16.9 Å². The number of benzene rings is 2. The van der Waals surface area contributed by atoms with E-state index in [-0.39, 0.29) is 35.1 Å². The predicted octanol–water partition coefficient (Wildman–Crippen LogP) is 5.69. The van der Waals surface area contributed by atoms with Gasteiger partial charge in [0.05, 0.1) is 17.7 Å². The smallest absolute Gasteiger partial charge is 0.417 e. The Bertz CT molecular complexity index is 1350. The van der Waals surface area contributed by atoms with Crippen molar-refractivity contribution in [2.75, 3.05) is 23.1 Å². The lowest BCUT2D eigenvalue weighted by atomic mass is 10.1. The second-order valence-electron chi connectivity index (χ2n) is 8.47. The van der Waals surface area contributed by atoms with E-state index in [9.17, 15) is 27.9 Å². The summed E-state index contributed by atoms with van der Waals surface area (Å²) in [5.41, 5.74) is 0.274. The molecule has 14 heteroatoms. The van der Waals surface area contributed by atoms with Gasteiger partial charge in [0.15, 0.2) is 5.82 Å². The molecule has 0 saturated heterocycles. The van der Waals surface area contributed by atoms with Crippen LogP contribution < -0.4 is 20.7 Å². The first-order chi connectivity index (χ1) is 17.8. The Morgan fingerprint density at radius 1 is 1.03 bits per heavy atom. The first-order valence-electron chi connectivity index (χ1n) is 11.1. The highest BCUT2D eigenvalue weighted by Crippen LogP contribution is 2.36. The van der Waals surface area contributed by atoms with Gasteiger partial charge in [-0.05, 0) is 48.7 Å². The maximum atomic E-state index is 13.1. The van der Waals surface area contributed by atoms with E-state index in [1.807, 2.05) is 0 Å². The third kappa shape index (κ3) is 7.00. The number of carboxylic acid groups (broad SMARTS) is 1. The van der Waals surface area contributed by atoms with E-state index in [2.05, 4.69) is 30.9 Å². The van der Waals surface area contributed by atoms with Gasteiger partial charge >= 0.3 is 24.2 Å². The highest BCUT2D eigenvalue weighted by molar-refractivity contribution is 6.31. The lowest BCUT2D eigenvalue weighted by Crippen LogP contribution is -2.35. The van der Waals surface area contributed by atoms with Crippen LogP contribution in [0, 0.1) is 12.8 Å². The number of amides is 2. The van der Waals surface area contributed by atoms with Crippen LogP contribution in [0.5, 0.6) is 6.01 Å². The van der Waals surface area contributed by atoms with Gasteiger partial charge < -0.3 is 25.8 Å². The summed E-state index contributed by atoms with van der Waals surface area (Å²) in [6.07, 6.45) is -4.68. The van der Waals surface area contributed by atoms with Crippen LogP contribution in [0.4, 0.5) is 35.3 Å². The number of halogens is 4. The standard InChI is InChI=1S/C24H24ClF3N6O4/c1-11(2)18(20(35)36)31-21-32-19(33-23(34-21)38-4)15-9-13(6-5-12(15)3)29-22(37)30-14-7-8-17(25)16(10-14)24(26,27)28/h5-11,18H,1-4H3,(H,35,36)(H2,29,30,37)(H,31,32,33,34). The zero-order chi connectivity index (χ0) is 28.2. The van der Waals surface area contributed by atoms with Crippen LogP contribution >= 0.6 is 11.6 Å². The van der Waals surface area contributed by atoms with E-state index in [1.54, 1.807) is 39.0 Å². The summed E-state index contributed by atoms with van der Waals surface area (Å²) in [4.78, 5) is 36.7. The van der Waals surface area contributed by atoms with Crippen LogP contribution in [0.1, 0.15) is 25.0 Å². The summed E-state index contributed by atoms with van der Waals surface area (Å²) >= 11 is 5.62. The summed E-state index contributed by atoms with van der Waals surface area (Å²) in [7, 11) is 1.34. The van der Waals surface area contributed by atoms with Crippen molar-refractivity contribution in [2.45, 2.75) is 33.0 Å². The fraction of sp³-hybridized carbons (Fsp3) is 0.292. The van der Waals surface area contributed by atoms with Crippen LogP contribution in [0.15, 0.2) is 36.4 Å². The van der Waals surface area contributed by atoms with Gasteiger partial charge in [0.25, 0.3) is 0 Å². The molecule has 0 bridgehead atoms. The van der Waals surface area contributed by atoms with Crippen molar-refractivity contribution in [3.63, 3.8) is 0 Å². The van der Waals surface area contributed by atoms with Gasteiger partial charge in [-0.25, -0.2) is 9.59 Å². The number of aromatic nitrogens is 3. The molecule has 1 unspecified atom stereocenters. The third-order valence-electron chi connectivity index (χ3n) is 5.28. The molecule has 1 atom stereocenters. The van der Waals surface area contributed by atoms with E-state index < -0.39 is 34.8 Å². The molecule has 0 spiro atoms. The van der Waals surface area contributed by atoms with Crippen LogP contribution in [0.2, 0.25) is 5.02 Å². The zero-order valence-electron chi connectivity index (χ0n) is 20.6. The SMILES string of the molecule is COc1nc(NC(C(=O)O)C(C)C)nc(-c2cc(NC(=O)Nc3ccc(Cl)c(C(F)(F)F)c3)ccc2C)n1. The van der Waals surface area contributed by atoms with Crippen molar-refractivity contribution in [1.29, 1.82) is 0 Å². The number of nitrogens with one attached hydrogen (secondary N) is 3. The first-order valence-corrected chi connectivity index (χ1v) is 11.5. The molecule has 38 heavy (non-hydrogen) atoms. The highest BCUT2D eigenvalue weighted by atomic mass is 35.5. The molecule has 0 aliphatic rings. The monoisotopic (exact) mass is 552 g/mol. The lowest BCUT2D eigenvalue weighted by molar-refractivity contribution is -0.139. The third-order valence-corrected chi connectivity index (χ3v) is 5.61. The van der Waals surface area contributed by atoms with Crippen molar-refractivity contribution in [3.8, 4) is 17.4 Å². The van der Waals surface area contributed by atoms with Crippen LogP contribution in [0.25, 0.3) is 11.4 Å². The highest BCUT2D eigenvalue weighted by Gasteiger charge is 2.33. The molecule has 0 aliphatic heterocycles. The van der Waals surface area contributed by atoms with Crippen molar-refractivity contribution in [1.82, 2.24) is 15.0 Å². The average molecular weight is 553 g/mol. The van der Waals surface area contributed by atoms with E-state index >= 15 is 0 Å². The van der Waals surface area contributed by atoms with Crippen molar-refractivity contribution >= 4 is 40.9 Å². The Hall–Kier alpha value is -4.13. The maximum Gasteiger partial charge on any atom is 0.417 e. The van der Waals surface area contributed by atoms with Crippen molar-refractivity contribution in [3.05, 3.63) is 52.5 Å². The molecule has 0 saturated carbocycles. The van der Waals surface area contributed by atoms with Crippen LogP contribution in [0.3, 0.4) is 0 Å². The van der Waals surface area contributed by atoms with Gasteiger partial charge in [0.1, 0.15) is 6.04 Å². The van der Waals surface area contributed by atoms with Gasteiger partial charge in [-0.1, -0.05) is 31.5 Å². The molecule has 0 fully saturated rings. The largest absolute Gasteiger partial charge is 0.480 e. The van der Waals surface area contributed by atoms with E-state index in [0.717, 1.165) is 12.1 Å². The summed E-state index contributed by atoms with van der Waals surface area (Å²) in [6, 6.07) is 5.98. The Kier molecular flexibility index (Phi) is 8.61. The predicted molar refractivity (Wildman–Crippen MR) is 136 cm³/mol. The molecular weight excluding hydrogens is 529 g/mol. The summed E-state index contributed by atoms with van der Waals surface area (Å²) in [5.74, 6) is -1.25. The number of carbonyl (C=O) groups is 2. The fourth-order valence-corrected chi connectivity index (χ4v) is 3.56. The molecule has 3 rings (SSSR count). The van der Waals surface area contributed by atoms with Gasteiger partial charge in [-0.2, -0.15) is 28.1 Å². The minimum absolute atomic E-state index is 0.0216. The summed E-state index contributed by atoms with van der Waals surface area (Å²) in [5, 5.41) is 16.6. The number of rotatable bonds is 8. The Labute approximate surface area is 220 Å². The number of methoxy groups -OCH3 is 1. The number of hydrogen-bond donors (Lipinski definition) is 4. The number of carboxylic acids is 1. The van der Waals surface area contributed by atoms with Crippen molar-refractivity contribution in [2.24, 2.45) is 5.92 Å². The van der Waals surface area contributed by atoms with Crippen LogP contribution in [-0.4, -0.2) is 45.2 Å². The number of aryl methyl sites for hydroxylation is 1. The molecule has 3 aromatic rings. The molecule has 1 heterocycles. The number of urea groups is 1. The Balaban J connectivity index is 1.87. The number of anilines is 3. The number of alkyl halides is 3. The quantitative estimate of drug-likeness (QED) is 0.279. The second kappa shape index (κ2) is 11.5. The average Bonchev–Trinajstić information content (AvgIpc) is 2.83. The molecule has 2 aromatic carbocycles. The Morgan fingerprint density at radius 3 is 2.24 bits per heavy atom. The molecule has 0 aliphatic carbocycles. The van der Waals surface area contributed by atoms with E-state index in [1.165, 1.54) is 13.2 Å². The molecule has 4 N–H and O–H groups in total. The van der Waals surface area contributed by atoms with Crippen molar-refractivity contribution < 1.29 is 32.6 Å². The molecule has 10 nitrogen and oxygen atoms in total. The van der Waals surface area contributed by atoms with E-state index in [4.69, 9.17) is 16.3 Å². The molecule has 2 amide bonds. The topological polar surface area (TPSA) is 138 Å².